The van der Waals surface area contributed by atoms with E-state index in [1.165, 1.54) is 17.4 Å². The van der Waals surface area contributed by atoms with Crippen molar-refractivity contribution in [3.63, 3.8) is 0 Å². The van der Waals surface area contributed by atoms with Gasteiger partial charge < -0.3 is 5.32 Å². The van der Waals surface area contributed by atoms with Crippen molar-refractivity contribution in [3.8, 4) is 0 Å². The summed E-state index contributed by atoms with van der Waals surface area (Å²) in [5.41, 5.74) is -0.262. The van der Waals surface area contributed by atoms with Gasteiger partial charge in [0.1, 0.15) is 0 Å². The van der Waals surface area contributed by atoms with Crippen LogP contribution in [0, 0.1) is 0 Å². The molecule has 0 saturated heterocycles. The highest BCUT2D eigenvalue weighted by Crippen LogP contribution is 2.34. The van der Waals surface area contributed by atoms with E-state index in [2.05, 4.69) is 10.3 Å². The lowest BCUT2D eigenvalue weighted by atomic mass is 10.2. The van der Waals surface area contributed by atoms with Crippen LogP contribution in [0.2, 0.25) is 0 Å². The maximum atomic E-state index is 12.6. The first-order valence-corrected chi connectivity index (χ1v) is 8.34. The molecule has 2 rings (SSSR count). The van der Waals surface area contributed by atoms with Gasteiger partial charge in [-0.05, 0) is 43.6 Å². The number of anilines is 1. The molecule has 0 spiro atoms. The second-order valence-electron chi connectivity index (χ2n) is 4.53. The van der Waals surface area contributed by atoms with Crippen molar-refractivity contribution in [2.75, 3.05) is 17.3 Å². The predicted molar refractivity (Wildman–Crippen MR) is 80.7 cm³/mol. The summed E-state index contributed by atoms with van der Waals surface area (Å²) < 4.78 is 38.7. The Kier molecular flexibility index (Phi) is 4.80. The molecule has 0 amide bonds. The molecular weight excluding hydrogens is 305 g/mol. The molecule has 0 fully saturated rings. The Labute approximate surface area is 123 Å². The van der Waals surface area contributed by atoms with E-state index in [-0.39, 0.29) is 6.04 Å². The number of aromatic nitrogens is 1. The van der Waals surface area contributed by atoms with Crippen LogP contribution in [-0.4, -0.2) is 23.0 Å². The maximum absolute atomic E-state index is 12.6. The van der Waals surface area contributed by atoms with Crippen LogP contribution in [0.25, 0.3) is 10.2 Å². The molecule has 2 aromatic rings. The lowest BCUT2D eigenvalue weighted by molar-refractivity contribution is -0.137. The van der Waals surface area contributed by atoms with Crippen LogP contribution in [0.1, 0.15) is 18.9 Å². The molecule has 1 aromatic carbocycles. The quantitative estimate of drug-likeness (QED) is 0.851. The second-order valence-corrected chi connectivity index (χ2v) is 6.54. The van der Waals surface area contributed by atoms with Crippen molar-refractivity contribution in [1.82, 2.24) is 4.98 Å². The highest BCUT2D eigenvalue weighted by Gasteiger charge is 2.30. The summed E-state index contributed by atoms with van der Waals surface area (Å²) in [4.78, 5) is 4.24. The Morgan fingerprint density at radius 2 is 2.15 bits per heavy atom. The fourth-order valence-corrected chi connectivity index (χ4v) is 3.29. The van der Waals surface area contributed by atoms with Crippen LogP contribution >= 0.6 is 23.1 Å². The van der Waals surface area contributed by atoms with E-state index < -0.39 is 11.7 Å². The van der Waals surface area contributed by atoms with Gasteiger partial charge in [0, 0.05) is 6.04 Å². The zero-order valence-corrected chi connectivity index (χ0v) is 12.8. The smallest absolute Gasteiger partial charge is 0.359 e. The van der Waals surface area contributed by atoms with Crippen molar-refractivity contribution in [3.05, 3.63) is 23.8 Å². The molecule has 2 nitrogen and oxygen atoms in total. The molecule has 1 atom stereocenters. The number of nitrogens with one attached hydrogen (secondary N) is 1. The van der Waals surface area contributed by atoms with Crippen molar-refractivity contribution in [2.24, 2.45) is 0 Å². The standard InChI is InChI=1S/C13H15F3N2S2/c1-8(5-6-19-2)17-12-18-10-7-9(13(14,15)16)3-4-11(10)20-12/h3-4,7-8H,5-6H2,1-2H3,(H,17,18). The van der Waals surface area contributed by atoms with Crippen molar-refractivity contribution in [2.45, 2.75) is 25.6 Å². The average molecular weight is 320 g/mol. The molecule has 1 aromatic heterocycles. The van der Waals surface area contributed by atoms with E-state index in [1.54, 1.807) is 11.8 Å². The third-order valence-electron chi connectivity index (χ3n) is 2.84. The summed E-state index contributed by atoms with van der Waals surface area (Å²) in [6, 6.07) is 3.93. The van der Waals surface area contributed by atoms with E-state index in [0.717, 1.165) is 29.0 Å². The largest absolute Gasteiger partial charge is 0.416 e. The third kappa shape index (κ3) is 3.79. The summed E-state index contributed by atoms with van der Waals surface area (Å²) in [5, 5.41) is 3.91. The number of rotatable bonds is 5. The van der Waals surface area contributed by atoms with Gasteiger partial charge in [-0.1, -0.05) is 11.3 Å². The Bertz CT molecular complexity index is 580. The number of alkyl halides is 3. The van der Waals surface area contributed by atoms with Gasteiger partial charge >= 0.3 is 6.18 Å². The first-order valence-electron chi connectivity index (χ1n) is 6.13. The van der Waals surface area contributed by atoms with Gasteiger partial charge in [0.05, 0.1) is 15.8 Å². The molecule has 0 radical (unpaired) electrons. The monoisotopic (exact) mass is 320 g/mol. The SMILES string of the molecule is CSCCC(C)Nc1nc2cc(C(F)(F)F)ccc2s1. The molecule has 110 valence electrons. The highest BCUT2D eigenvalue weighted by atomic mass is 32.2. The number of fused-ring (bicyclic) bond motifs is 1. The molecule has 0 bridgehead atoms. The highest BCUT2D eigenvalue weighted by molar-refractivity contribution is 7.98. The third-order valence-corrected chi connectivity index (χ3v) is 4.45. The van der Waals surface area contributed by atoms with E-state index in [9.17, 15) is 13.2 Å². The van der Waals surface area contributed by atoms with Crippen LogP contribution in [0.4, 0.5) is 18.3 Å². The zero-order chi connectivity index (χ0) is 14.8. The predicted octanol–water partition coefficient (Wildman–Crippen LogP) is 4.87. The minimum atomic E-state index is -4.32. The zero-order valence-electron chi connectivity index (χ0n) is 11.1. The Hall–Kier alpha value is -0.950. The number of halogens is 3. The van der Waals surface area contributed by atoms with Crippen LogP contribution in [0.3, 0.4) is 0 Å². The molecular formula is C13H15F3N2S2. The van der Waals surface area contributed by atoms with Crippen LogP contribution in [0.15, 0.2) is 18.2 Å². The average Bonchev–Trinajstić information content (AvgIpc) is 2.76. The summed E-state index contributed by atoms with van der Waals surface area (Å²) in [7, 11) is 0. The molecule has 20 heavy (non-hydrogen) atoms. The summed E-state index contributed by atoms with van der Waals surface area (Å²) >= 11 is 3.15. The molecule has 0 saturated carbocycles. The van der Waals surface area contributed by atoms with Gasteiger partial charge in [-0.25, -0.2) is 4.98 Å². The normalized spacial score (nSPS) is 13.7. The lowest BCUT2D eigenvalue weighted by Crippen LogP contribution is -2.15. The number of thiazole rings is 1. The summed E-state index contributed by atoms with van der Waals surface area (Å²) in [6.07, 6.45) is -1.29. The number of benzene rings is 1. The van der Waals surface area contributed by atoms with E-state index in [1.807, 2.05) is 13.2 Å². The Morgan fingerprint density at radius 3 is 2.80 bits per heavy atom. The number of thioether (sulfide) groups is 1. The van der Waals surface area contributed by atoms with Gasteiger partial charge in [0.15, 0.2) is 5.13 Å². The Balaban J connectivity index is 2.17. The number of hydrogen-bond donors (Lipinski definition) is 1. The minimum Gasteiger partial charge on any atom is -0.359 e. The molecule has 1 N–H and O–H groups in total. The molecule has 1 unspecified atom stereocenters. The van der Waals surface area contributed by atoms with Crippen molar-refractivity contribution in [1.29, 1.82) is 0 Å². The minimum absolute atomic E-state index is 0.255. The number of hydrogen-bond acceptors (Lipinski definition) is 4. The fourth-order valence-electron chi connectivity index (χ4n) is 1.74. The first kappa shape index (κ1) is 15.4. The van der Waals surface area contributed by atoms with Crippen LogP contribution in [-0.2, 0) is 6.18 Å². The molecule has 1 heterocycles. The molecule has 0 aliphatic rings. The van der Waals surface area contributed by atoms with E-state index in [4.69, 9.17) is 0 Å². The molecule has 7 heteroatoms. The van der Waals surface area contributed by atoms with Crippen molar-refractivity contribution < 1.29 is 13.2 Å². The maximum Gasteiger partial charge on any atom is 0.416 e. The van der Waals surface area contributed by atoms with Crippen molar-refractivity contribution >= 4 is 38.4 Å². The van der Waals surface area contributed by atoms with Gasteiger partial charge in [0.2, 0.25) is 0 Å². The summed E-state index contributed by atoms with van der Waals surface area (Å²) in [5.74, 6) is 1.04. The van der Waals surface area contributed by atoms with Gasteiger partial charge in [-0.15, -0.1) is 0 Å². The van der Waals surface area contributed by atoms with Gasteiger partial charge in [0.25, 0.3) is 0 Å². The lowest BCUT2D eigenvalue weighted by Gasteiger charge is -2.11. The van der Waals surface area contributed by atoms with Gasteiger partial charge in [-0.2, -0.15) is 24.9 Å². The van der Waals surface area contributed by atoms with E-state index in [0.29, 0.717) is 10.6 Å². The summed E-state index contributed by atoms with van der Waals surface area (Å²) in [6.45, 7) is 2.05. The van der Waals surface area contributed by atoms with Crippen LogP contribution in [0.5, 0.6) is 0 Å². The topological polar surface area (TPSA) is 24.9 Å². The fraction of sp³-hybridized carbons (Fsp3) is 0.462. The molecule has 0 aliphatic heterocycles. The molecule has 0 aliphatic carbocycles. The van der Waals surface area contributed by atoms with Crippen LogP contribution < -0.4 is 5.32 Å². The second kappa shape index (κ2) is 6.22. The number of nitrogens with zero attached hydrogens (tertiary/aromatic N) is 1. The first-order chi connectivity index (χ1) is 9.40. The van der Waals surface area contributed by atoms with E-state index >= 15 is 0 Å². The Morgan fingerprint density at radius 1 is 1.40 bits per heavy atom. The van der Waals surface area contributed by atoms with Gasteiger partial charge in [-0.3, -0.25) is 0 Å².